The molecule has 158 valence electrons. The van der Waals surface area contributed by atoms with E-state index in [0.717, 1.165) is 30.8 Å². The van der Waals surface area contributed by atoms with Crippen molar-refractivity contribution in [1.82, 2.24) is 15.0 Å². The molecule has 0 spiro atoms. The summed E-state index contributed by atoms with van der Waals surface area (Å²) in [4.78, 5) is 28.4. The summed E-state index contributed by atoms with van der Waals surface area (Å²) in [7, 11) is 1.31. The number of carbonyl (C=O) groups is 1. The number of thiophene rings is 1. The van der Waals surface area contributed by atoms with E-state index in [0.29, 0.717) is 22.7 Å². The molecule has 3 heterocycles. The van der Waals surface area contributed by atoms with Crippen LogP contribution in [0.2, 0.25) is 4.34 Å². The minimum absolute atomic E-state index is 0.0665. The second kappa shape index (κ2) is 9.23. The van der Waals surface area contributed by atoms with E-state index in [-0.39, 0.29) is 12.1 Å². The van der Waals surface area contributed by atoms with Crippen LogP contribution in [0.25, 0.3) is 10.7 Å². The van der Waals surface area contributed by atoms with Gasteiger partial charge in [0.2, 0.25) is 11.5 Å². The number of aromatic nitrogens is 3. The highest BCUT2D eigenvalue weighted by Crippen LogP contribution is 2.31. The van der Waals surface area contributed by atoms with Gasteiger partial charge in [0.05, 0.1) is 22.4 Å². The quantitative estimate of drug-likeness (QED) is 0.603. The predicted molar refractivity (Wildman–Crippen MR) is 112 cm³/mol. The standard InChI is InChI=1S/C19H25ClN4O4S/c1-5-27-12-8-10-24(11-9-12)17-21-15(13-6-7-14(20)29-13)22-18(23-17)28-19(2,3)16(25)26-4/h6-7,12H,5,8-11H2,1-4H3. The zero-order valence-electron chi connectivity index (χ0n) is 17.0. The Kier molecular flexibility index (Phi) is 6.92. The normalized spacial score (nSPS) is 15.4. The van der Waals surface area contributed by atoms with Crippen LogP contribution in [0.3, 0.4) is 0 Å². The molecule has 10 heteroatoms. The lowest BCUT2D eigenvalue weighted by molar-refractivity contribution is -0.156. The minimum atomic E-state index is -1.24. The molecule has 0 amide bonds. The van der Waals surface area contributed by atoms with E-state index < -0.39 is 11.6 Å². The van der Waals surface area contributed by atoms with Gasteiger partial charge in [0.15, 0.2) is 5.82 Å². The molecule has 2 aromatic heterocycles. The maximum atomic E-state index is 12.0. The molecule has 1 aliphatic rings. The number of hydrogen-bond donors (Lipinski definition) is 0. The topological polar surface area (TPSA) is 86.7 Å². The molecule has 0 aromatic carbocycles. The van der Waals surface area contributed by atoms with E-state index in [2.05, 4.69) is 19.9 Å². The van der Waals surface area contributed by atoms with Gasteiger partial charge in [0.25, 0.3) is 0 Å². The van der Waals surface area contributed by atoms with Crippen LogP contribution in [0.15, 0.2) is 12.1 Å². The van der Waals surface area contributed by atoms with Crippen LogP contribution in [0.5, 0.6) is 6.01 Å². The number of halogens is 1. The molecule has 0 radical (unpaired) electrons. The number of anilines is 1. The van der Waals surface area contributed by atoms with Gasteiger partial charge < -0.3 is 19.1 Å². The average molecular weight is 441 g/mol. The number of piperidine rings is 1. The summed E-state index contributed by atoms with van der Waals surface area (Å²) in [6, 6.07) is 3.71. The summed E-state index contributed by atoms with van der Waals surface area (Å²) in [6.07, 6.45) is 2.04. The zero-order chi connectivity index (χ0) is 21.0. The highest BCUT2D eigenvalue weighted by atomic mass is 35.5. The van der Waals surface area contributed by atoms with Crippen LogP contribution < -0.4 is 9.64 Å². The number of rotatable bonds is 7. The minimum Gasteiger partial charge on any atom is -0.466 e. The Morgan fingerprint density at radius 3 is 2.59 bits per heavy atom. The van der Waals surface area contributed by atoms with Crippen LogP contribution >= 0.6 is 22.9 Å². The van der Waals surface area contributed by atoms with Gasteiger partial charge in [-0.15, -0.1) is 11.3 Å². The second-order valence-corrected chi connectivity index (χ2v) is 8.81. The van der Waals surface area contributed by atoms with Gasteiger partial charge in [-0.05, 0) is 45.7 Å². The Balaban J connectivity index is 1.90. The lowest BCUT2D eigenvalue weighted by Gasteiger charge is -2.32. The van der Waals surface area contributed by atoms with E-state index in [9.17, 15) is 4.79 Å². The summed E-state index contributed by atoms with van der Waals surface area (Å²) in [5.74, 6) is 0.442. The van der Waals surface area contributed by atoms with Crippen LogP contribution in [-0.2, 0) is 14.3 Å². The second-order valence-electron chi connectivity index (χ2n) is 7.09. The van der Waals surface area contributed by atoms with Crippen molar-refractivity contribution >= 4 is 34.9 Å². The molecule has 0 bridgehead atoms. The van der Waals surface area contributed by atoms with Gasteiger partial charge in [-0.1, -0.05) is 11.6 Å². The fraction of sp³-hybridized carbons (Fsp3) is 0.579. The first-order valence-corrected chi connectivity index (χ1v) is 10.7. The van der Waals surface area contributed by atoms with Crippen molar-refractivity contribution in [2.45, 2.75) is 45.3 Å². The highest BCUT2D eigenvalue weighted by Gasteiger charge is 2.33. The molecule has 0 N–H and O–H groups in total. The van der Waals surface area contributed by atoms with E-state index in [1.165, 1.54) is 18.4 Å². The molecule has 1 saturated heterocycles. The maximum Gasteiger partial charge on any atom is 0.349 e. The molecule has 8 nitrogen and oxygen atoms in total. The Morgan fingerprint density at radius 2 is 2.00 bits per heavy atom. The first-order valence-electron chi connectivity index (χ1n) is 9.48. The van der Waals surface area contributed by atoms with Crippen molar-refractivity contribution in [2.24, 2.45) is 0 Å². The van der Waals surface area contributed by atoms with Crippen molar-refractivity contribution in [3.8, 4) is 16.7 Å². The molecule has 0 aliphatic carbocycles. The van der Waals surface area contributed by atoms with Gasteiger partial charge in [0.1, 0.15) is 0 Å². The van der Waals surface area contributed by atoms with E-state index in [4.69, 9.17) is 25.8 Å². The summed E-state index contributed by atoms with van der Waals surface area (Å²) < 4.78 is 17.0. The van der Waals surface area contributed by atoms with Crippen LogP contribution in [-0.4, -0.2) is 59.4 Å². The van der Waals surface area contributed by atoms with E-state index in [1.54, 1.807) is 19.9 Å². The molecule has 29 heavy (non-hydrogen) atoms. The fourth-order valence-electron chi connectivity index (χ4n) is 3.05. The Hall–Kier alpha value is -1.97. The first-order chi connectivity index (χ1) is 13.8. The molecule has 0 unspecified atom stereocenters. The average Bonchev–Trinajstić information content (AvgIpc) is 3.14. The van der Waals surface area contributed by atoms with E-state index >= 15 is 0 Å². The molecule has 2 aromatic rings. The predicted octanol–water partition coefficient (Wildman–Crippen LogP) is 3.59. The number of ether oxygens (including phenoxy) is 3. The number of esters is 1. The lowest BCUT2D eigenvalue weighted by Crippen LogP contribution is -2.40. The summed E-state index contributed by atoms with van der Waals surface area (Å²) in [6.45, 7) is 7.46. The van der Waals surface area contributed by atoms with Crippen LogP contribution in [0.4, 0.5) is 5.95 Å². The lowest BCUT2D eigenvalue weighted by atomic mass is 10.1. The third-order valence-electron chi connectivity index (χ3n) is 4.55. The smallest absolute Gasteiger partial charge is 0.349 e. The molecule has 1 fully saturated rings. The SMILES string of the molecule is CCOC1CCN(c2nc(OC(C)(C)C(=O)OC)nc(-c3ccc(Cl)s3)n2)CC1. The molecular weight excluding hydrogens is 416 g/mol. The van der Waals surface area contributed by atoms with Crippen molar-refractivity contribution < 1.29 is 19.0 Å². The number of methoxy groups -OCH3 is 1. The van der Waals surface area contributed by atoms with Crippen molar-refractivity contribution in [3.05, 3.63) is 16.5 Å². The molecule has 1 aliphatic heterocycles. The maximum absolute atomic E-state index is 12.0. The number of hydrogen-bond acceptors (Lipinski definition) is 9. The monoisotopic (exact) mass is 440 g/mol. The molecule has 0 atom stereocenters. The van der Waals surface area contributed by atoms with Gasteiger partial charge in [-0.2, -0.15) is 15.0 Å². The first kappa shape index (κ1) is 21.7. The van der Waals surface area contributed by atoms with Gasteiger partial charge in [0, 0.05) is 19.7 Å². The molecular formula is C19H25ClN4O4S. The van der Waals surface area contributed by atoms with Gasteiger partial charge in [-0.3, -0.25) is 0 Å². The third-order valence-corrected chi connectivity index (χ3v) is 5.77. The van der Waals surface area contributed by atoms with Crippen molar-refractivity contribution in [1.29, 1.82) is 0 Å². The van der Waals surface area contributed by atoms with Crippen LogP contribution in [0.1, 0.15) is 33.6 Å². The molecule has 3 rings (SSSR count). The van der Waals surface area contributed by atoms with E-state index in [1.807, 2.05) is 13.0 Å². The number of carbonyl (C=O) groups excluding carboxylic acids is 1. The Bertz CT molecular complexity index is 852. The summed E-state index contributed by atoms with van der Waals surface area (Å²) >= 11 is 7.45. The Morgan fingerprint density at radius 1 is 1.28 bits per heavy atom. The fourth-order valence-corrected chi connectivity index (χ4v) is 4.03. The van der Waals surface area contributed by atoms with Crippen molar-refractivity contribution in [3.63, 3.8) is 0 Å². The van der Waals surface area contributed by atoms with Crippen LogP contribution in [0, 0.1) is 0 Å². The number of nitrogens with zero attached hydrogens (tertiary/aromatic N) is 4. The Labute approximate surface area is 179 Å². The largest absolute Gasteiger partial charge is 0.466 e. The zero-order valence-corrected chi connectivity index (χ0v) is 18.5. The third kappa shape index (κ3) is 5.34. The van der Waals surface area contributed by atoms with Gasteiger partial charge >= 0.3 is 12.0 Å². The van der Waals surface area contributed by atoms with Gasteiger partial charge in [-0.25, -0.2) is 4.79 Å². The highest BCUT2D eigenvalue weighted by molar-refractivity contribution is 7.19. The molecule has 0 saturated carbocycles. The summed E-state index contributed by atoms with van der Waals surface area (Å²) in [5, 5.41) is 0. The van der Waals surface area contributed by atoms with Crippen molar-refractivity contribution in [2.75, 3.05) is 31.7 Å². The summed E-state index contributed by atoms with van der Waals surface area (Å²) in [5.41, 5.74) is -1.24.